The molecule has 5 nitrogen and oxygen atoms in total. The number of ether oxygens (including phenoxy) is 1. The SMILES string of the molecule is CCC(O)CNC(=O)c1ccc(N)cc1OC. The van der Waals surface area contributed by atoms with E-state index in [0.29, 0.717) is 23.4 Å². The number of nitrogens with one attached hydrogen (secondary N) is 1. The number of amides is 1. The van der Waals surface area contributed by atoms with Crippen LogP contribution in [0.5, 0.6) is 5.75 Å². The van der Waals surface area contributed by atoms with E-state index < -0.39 is 6.10 Å². The lowest BCUT2D eigenvalue weighted by Crippen LogP contribution is -2.31. The number of aliphatic hydroxyl groups excluding tert-OH is 1. The average Bonchev–Trinajstić information content (AvgIpc) is 2.35. The van der Waals surface area contributed by atoms with Gasteiger partial charge < -0.3 is 20.9 Å². The number of anilines is 1. The van der Waals surface area contributed by atoms with Crippen molar-refractivity contribution in [1.82, 2.24) is 5.32 Å². The van der Waals surface area contributed by atoms with Crippen LogP contribution in [0.2, 0.25) is 0 Å². The Kier molecular flexibility index (Phi) is 4.78. The van der Waals surface area contributed by atoms with E-state index in [2.05, 4.69) is 5.32 Å². The Morgan fingerprint density at radius 3 is 2.88 bits per heavy atom. The molecule has 1 amide bonds. The van der Waals surface area contributed by atoms with Gasteiger partial charge in [-0.25, -0.2) is 0 Å². The van der Waals surface area contributed by atoms with Gasteiger partial charge in [0.15, 0.2) is 0 Å². The van der Waals surface area contributed by atoms with Crippen molar-refractivity contribution in [2.75, 3.05) is 19.4 Å². The summed E-state index contributed by atoms with van der Waals surface area (Å²) in [5, 5.41) is 12.0. The van der Waals surface area contributed by atoms with E-state index in [9.17, 15) is 9.90 Å². The lowest BCUT2D eigenvalue weighted by molar-refractivity contribution is 0.0911. The van der Waals surface area contributed by atoms with Crippen LogP contribution in [0.25, 0.3) is 0 Å². The van der Waals surface area contributed by atoms with Crippen LogP contribution in [0.15, 0.2) is 18.2 Å². The smallest absolute Gasteiger partial charge is 0.255 e. The lowest BCUT2D eigenvalue weighted by atomic mass is 10.1. The van der Waals surface area contributed by atoms with E-state index in [1.807, 2.05) is 6.92 Å². The van der Waals surface area contributed by atoms with Crippen molar-refractivity contribution >= 4 is 11.6 Å². The lowest BCUT2D eigenvalue weighted by Gasteiger charge is -2.12. The monoisotopic (exact) mass is 238 g/mol. The Morgan fingerprint density at radius 1 is 1.59 bits per heavy atom. The van der Waals surface area contributed by atoms with Crippen molar-refractivity contribution in [3.8, 4) is 5.75 Å². The van der Waals surface area contributed by atoms with E-state index in [0.717, 1.165) is 0 Å². The van der Waals surface area contributed by atoms with Gasteiger partial charge in [0.25, 0.3) is 5.91 Å². The summed E-state index contributed by atoms with van der Waals surface area (Å²) < 4.78 is 5.08. The van der Waals surface area contributed by atoms with Gasteiger partial charge in [-0.05, 0) is 18.6 Å². The summed E-state index contributed by atoms with van der Waals surface area (Å²) in [6.45, 7) is 2.07. The normalized spacial score (nSPS) is 11.9. The third kappa shape index (κ3) is 3.64. The number of nitrogens with two attached hydrogens (primary N) is 1. The Labute approximate surface area is 101 Å². The molecule has 1 rings (SSSR count). The Hall–Kier alpha value is -1.75. The largest absolute Gasteiger partial charge is 0.496 e. The molecule has 0 saturated carbocycles. The van der Waals surface area contributed by atoms with Gasteiger partial charge in [-0.2, -0.15) is 0 Å². The quantitative estimate of drug-likeness (QED) is 0.662. The van der Waals surface area contributed by atoms with Gasteiger partial charge >= 0.3 is 0 Å². The van der Waals surface area contributed by atoms with Gasteiger partial charge in [0.05, 0.1) is 18.8 Å². The molecule has 1 aromatic rings. The highest BCUT2D eigenvalue weighted by molar-refractivity contribution is 5.97. The summed E-state index contributed by atoms with van der Waals surface area (Å²) in [7, 11) is 1.48. The Balaban J connectivity index is 2.75. The summed E-state index contributed by atoms with van der Waals surface area (Å²) in [5.41, 5.74) is 6.54. The van der Waals surface area contributed by atoms with E-state index in [-0.39, 0.29) is 12.5 Å². The van der Waals surface area contributed by atoms with Crippen LogP contribution >= 0.6 is 0 Å². The number of carbonyl (C=O) groups is 1. The molecule has 1 unspecified atom stereocenters. The van der Waals surface area contributed by atoms with Crippen LogP contribution in [0, 0.1) is 0 Å². The van der Waals surface area contributed by atoms with Gasteiger partial charge in [-0.3, -0.25) is 4.79 Å². The minimum Gasteiger partial charge on any atom is -0.496 e. The molecule has 1 atom stereocenters. The predicted molar refractivity (Wildman–Crippen MR) is 66.0 cm³/mol. The van der Waals surface area contributed by atoms with Crippen molar-refractivity contribution in [2.45, 2.75) is 19.4 Å². The maximum absolute atomic E-state index is 11.8. The molecule has 0 fully saturated rings. The number of nitrogen functional groups attached to an aromatic ring is 1. The maximum atomic E-state index is 11.8. The standard InChI is InChI=1S/C12H18N2O3/c1-3-9(15)7-14-12(16)10-5-4-8(13)6-11(10)17-2/h4-6,9,15H,3,7,13H2,1-2H3,(H,14,16). The summed E-state index contributed by atoms with van der Waals surface area (Å²) in [5.74, 6) is 0.142. The fourth-order valence-electron chi connectivity index (χ4n) is 1.35. The molecule has 0 radical (unpaired) electrons. The first-order chi connectivity index (χ1) is 8.08. The second-order valence-electron chi connectivity index (χ2n) is 3.73. The van der Waals surface area contributed by atoms with E-state index >= 15 is 0 Å². The molecule has 0 aliphatic heterocycles. The molecule has 94 valence electrons. The van der Waals surface area contributed by atoms with Gasteiger partial charge in [0.2, 0.25) is 0 Å². The number of methoxy groups -OCH3 is 1. The molecular formula is C12H18N2O3. The molecule has 0 saturated heterocycles. The highest BCUT2D eigenvalue weighted by Crippen LogP contribution is 2.21. The molecule has 5 heteroatoms. The number of rotatable bonds is 5. The number of hydrogen-bond donors (Lipinski definition) is 3. The molecule has 0 aliphatic rings. The Bertz CT molecular complexity index is 393. The molecule has 0 heterocycles. The molecule has 17 heavy (non-hydrogen) atoms. The third-order valence-corrected chi connectivity index (χ3v) is 2.44. The van der Waals surface area contributed by atoms with Gasteiger partial charge in [0, 0.05) is 18.3 Å². The average molecular weight is 238 g/mol. The Morgan fingerprint density at radius 2 is 2.29 bits per heavy atom. The van der Waals surface area contributed by atoms with Crippen molar-refractivity contribution in [2.24, 2.45) is 0 Å². The highest BCUT2D eigenvalue weighted by atomic mass is 16.5. The van der Waals surface area contributed by atoms with Crippen LogP contribution in [-0.2, 0) is 0 Å². The molecule has 0 bridgehead atoms. The van der Waals surface area contributed by atoms with Crippen LogP contribution in [0.1, 0.15) is 23.7 Å². The van der Waals surface area contributed by atoms with Crippen molar-refractivity contribution < 1.29 is 14.6 Å². The highest BCUT2D eigenvalue weighted by Gasteiger charge is 2.13. The summed E-state index contributed by atoms with van der Waals surface area (Å²) >= 11 is 0. The molecule has 1 aromatic carbocycles. The number of hydrogen-bond acceptors (Lipinski definition) is 4. The fraction of sp³-hybridized carbons (Fsp3) is 0.417. The second kappa shape index (κ2) is 6.10. The summed E-state index contributed by atoms with van der Waals surface area (Å²) in [4.78, 5) is 11.8. The summed E-state index contributed by atoms with van der Waals surface area (Å²) in [6.07, 6.45) is 0.0674. The second-order valence-corrected chi connectivity index (χ2v) is 3.73. The minimum atomic E-state index is -0.529. The molecule has 0 spiro atoms. The first-order valence-corrected chi connectivity index (χ1v) is 5.48. The van der Waals surface area contributed by atoms with E-state index in [4.69, 9.17) is 10.5 Å². The van der Waals surface area contributed by atoms with E-state index in [1.165, 1.54) is 7.11 Å². The third-order valence-electron chi connectivity index (χ3n) is 2.44. The van der Waals surface area contributed by atoms with Crippen LogP contribution in [-0.4, -0.2) is 30.8 Å². The van der Waals surface area contributed by atoms with E-state index in [1.54, 1.807) is 18.2 Å². The topological polar surface area (TPSA) is 84.6 Å². The van der Waals surface area contributed by atoms with Crippen LogP contribution in [0.3, 0.4) is 0 Å². The van der Waals surface area contributed by atoms with Crippen LogP contribution < -0.4 is 15.8 Å². The summed E-state index contributed by atoms with van der Waals surface area (Å²) in [6, 6.07) is 4.82. The van der Waals surface area contributed by atoms with Gasteiger partial charge in [-0.1, -0.05) is 6.92 Å². The van der Waals surface area contributed by atoms with Crippen LogP contribution in [0.4, 0.5) is 5.69 Å². The fourth-order valence-corrected chi connectivity index (χ4v) is 1.35. The maximum Gasteiger partial charge on any atom is 0.255 e. The van der Waals surface area contributed by atoms with Crippen molar-refractivity contribution in [3.63, 3.8) is 0 Å². The number of carbonyl (C=O) groups excluding carboxylic acids is 1. The van der Waals surface area contributed by atoms with Crippen molar-refractivity contribution in [3.05, 3.63) is 23.8 Å². The first kappa shape index (κ1) is 13.3. The minimum absolute atomic E-state index is 0.225. The van der Waals surface area contributed by atoms with Gasteiger partial charge in [-0.15, -0.1) is 0 Å². The zero-order valence-corrected chi connectivity index (χ0v) is 10.1. The molecule has 4 N–H and O–H groups in total. The number of aliphatic hydroxyl groups is 1. The zero-order chi connectivity index (χ0) is 12.8. The zero-order valence-electron chi connectivity index (χ0n) is 10.1. The molecule has 0 aromatic heterocycles. The first-order valence-electron chi connectivity index (χ1n) is 5.48. The molecular weight excluding hydrogens is 220 g/mol. The van der Waals surface area contributed by atoms with Crippen molar-refractivity contribution in [1.29, 1.82) is 0 Å². The van der Waals surface area contributed by atoms with Gasteiger partial charge in [0.1, 0.15) is 5.75 Å². The number of benzene rings is 1. The molecule has 0 aliphatic carbocycles. The predicted octanol–water partition coefficient (Wildman–Crippen LogP) is 0.778.